The number of aliphatic hydroxyl groups is 1. The second kappa shape index (κ2) is 6.67. The number of nitro benzene ring substituents is 1. The van der Waals surface area contributed by atoms with Gasteiger partial charge in [-0.1, -0.05) is 12.1 Å². The van der Waals surface area contributed by atoms with Crippen molar-refractivity contribution in [3.05, 3.63) is 39.9 Å². The molecule has 0 radical (unpaired) electrons. The Labute approximate surface area is 123 Å². The second-order valence-corrected chi connectivity index (χ2v) is 5.59. The maximum absolute atomic E-state index is 12.2. The van der Waals surface area contributed by atoms with E-state index in [0.29, 0.717) is 18.4 Å². The third-order valence-corrected chi connectivity index (χ3v) is 4.02. The second-order valence-electron chi connectivity index (χ2n) is 5.59. The summed E-state index contributed by atoms with van der Waals surface area (Å²) in [6.07, 6.45) is 2.70. The highest BCUT2D eigenvalue weighted by atomic mass is 16.6. The van der Waals surface area contributed by atoms with Crippen LogP contribution in [0.4, 0.5) is 5.69 Å². The van der Waals surface area contributed by atoms with E-state index in [1.165, 1.54) is 12.1 Å². The van der Waals surface area contributed by atoms with Crippen LogP contribution < -0.4 is 5.32 Å². The number of nitro groups is 1. The van der Waals surface area contributed by atoms with Crippen molar-refractivity contribution in [3.63, 3.8) is 0 Å². The Morgan fingerprint density at radius 3 is 2.67 bits per heavy atom. The van der Waals surface area contributed by atoms with Crippen molar-refractivity contribution in [2.75, 3.05) is 0 Å². The molecule has 2 rings (SSSR count). The zero-order valence-electron chi connectivity index (χ0n) is 12.0. The van der Waals surface area contributed by atoms with Crippen LogP contribution in [0.15, 0.2) is 24.3 Å². The summed E-state index contributed by atoms with van der Waals surface area (Å²) in [7, 11) is 0. The van der Waals surface area contributed by atoms with Gasteiger partial charge in [0.1, 0.15) is 0 Å². The summed E-state index contributed by atoms with van der Waals surface area (Å²) >= 11 is 0. The van der Waals surface area contributed by atoms with E-state index in [-0.39, 0.29) is 23.7 Å². The van der Waals surface area contributed by atoms with Crippen molar-refractivity contribution >= 4 is 11.6 Å². The lowest BCUT2D eigenvalue weighted by Gasteiger charge is -2.27. The Hall–Kier alpha value is -1.95. The van der Waals surface area contributed by atoms with Gasteiger partial charge in [-0.25, -0.2) is 0 Å². The standard InChI is InChI=1S/C15H20N2O4/c1-10(11-3-2-4-13(9-11)17(20)21)15(19)16-12-5-7-14(18)8-6-12/h2-4,9-10,12,14,18H,5-8H2,1H3,(H,16,19). The zero-order valence-corrected chi connectivity index (χ0v) is 12.0. The lowest BCUT2D eigenvalue weighted by molar-refractivity contribution is -0.384. The number of rotatable bonds is 4. The van der Waals surface area contributed by atoms with Crippen molar-refractivity contribution in [1.29, 1.82) is 0 Å². The molecule has 0 saturated heterocycles. The summed E-state index contributed by atoms with van der Waals surface area (Å²) in [6, 6.07) is 6.25. The van der Waals surface area contributed by atoms with Crippen LogP contribution in [0.1, 0.15) is 44.1 Å². The number of benzene rings is 1. The van der Waals surface area contributed by atoms with Gasteiger partial charge in [0.25, 0.3) is 5.69 Å². The predicted octanol–water partition coefficient (Wildman–Crippen LogP) is 2.12. The minimum atomic E-state index is -0.462. The number of hydrogen-bond acceptors (Lipinski definition) is 4. The van der Waals surface area contributed by atoms with Crippen molar-refractivity contribution in [2.24, 2.45) is 0 Å². The summed E-state index contributed by atoms with van der Waals surface area (Å²) < 4.78 is 0. The van der Waals surface area contributed by atoms with Crippen molar-refractivity contribution < 1.29 is 14.8 Å². The molecule has 0 spiro atoms. The molecule has 0 aromatic heterocycles. The molecular weight excluding hydrogens is 272 g/mol. The third-order valence-electron chi connectivity index (χ3n) is 4.02. The lowest BCUT2D eigenvalue weighted by Crippen LogP contribution is -2.40. The molecule has 1 unspecified atom stereocenters. The first-order chi connectivity index (χ1) is 9.97. The minimum absolute atomic E-state index is 0.00654. The number of nitrogens with zero attached hydrogens (tertiary/aromatic N) is 1. The molecule has 0 heterocycles. The summed E-state index contributed by atoms with van der Waals surface area (Å²) in [5.41, 5.74) is 0.630. The molecule has 6 nitrogen and oxygen atoms in total. The molecule has 21 heavy (non-hydrogen) atoms. The van der Waals surface area contributed by atoms with Crippen LogP contribution in [0.3, 0.4) is 0 Å². The van der Waals surface area contributed by atoms with E-state index in [9.17, 15) is 20.0 Å². The summed E-state index contributed by atoms with van der Waals surface area (Å²) in [5, 5.41) is 23.2. The average molecular weight is 292 g/mol. The highest BCUT2D eigenvalue weighted by molar-refractivity contribution is 5.83. The largest absolute Gasteiger partial charge is 0.393 e. The fourth-order valence-electron chi connectivity index (χ4n) is 2.61. The Balaban J connectivity index is 1.99. The molecule has 1 atom stereocenters. The van der Waals surface area contributed by atoms with Gasteiger partial charge >= 0.3 is 0 Å². The average Bonchev–Trinajstić information content (AvgIpc) is 2.49. The molecule has 2 N–H and O–H groups in total. The van der Waals surface area contributed by atoms with E-state index < -0.39 is 10.8 Å². The fraction of sp³-hybridized carbons (Fsp3) is 0.533. The van der Waals surface area contributed by atoms with E-state index in [0.717, 1.165) is 12.8 Å². The maximum atomic E-state index is 12.2. The van der Waals surface area contributed by atoms with Gasteiger partial charge in [-0.15, -0.1) is 0 Å². The molecule has 1 aromatic carbocycles. The number of hydrogen-bond donors (Lipinski definition) is 2. The molecule has 0 aliphatic heterocycles. The van der Waals surface area contributed by atoms with Gasteiger partial charge in [0.2, 0.25) is 5.91 Å². The Bertz CT molecular complexity index is 524. The number of carbonyl (C=O) groups excluding carboxylic acids is 1. The van der Waals surface area contributed by atoms with Crippen LogP contribution in [0.2, 0.25) is 0 Å². The highest BCUT2D eigenvalue weighted by Gasteiger charge is 2.24. The first-order valence-electron chi connectivity index (χ1n) is 7.20. The van der Waals surface area contributed by atoms with Crippen molar-refractivity contribution in [2.45, 2.75) is 50.7 Å². The van der Waals surface area contributed by atoms with Crippen LogP contribution in [0.5, 0.6) is 0 Å². The van der Waals surface area contributed by atoms with Crippen LogP contribution in [-0.2, 0) is 4.79 Å². The summed E-state index contributed by atoms with van der Waals surface area (Å²) in [4.78, 5) is 22.5. The maximum Gasteiger partial charge on any atom is 0.269 e. The highest BCUT2D eigenvalue weighted by Crippen LogP contribution is 2.23. The van der Waals surface area contributed by atoms with Crippen LogP contribution in [0, 0.1) is 10.1 Å². The predicted molar refractivity (Wildman–Crippen MR) is 77.9 cm³/mol. The first-order valence-corrected chi connectivity index (χ1v) is 7.20. The van der Waals surface area contributed by atoms with Gasteiger partial charge in [-0.05, 0) is 38.2 Å². The van der Waals surface area contributed by atoms with Gasteiger partial charge < -0.3 is 10.4 Å². The molecule has 6 heteroatoms. The van der Waals surface area contributed by atoms with Gasteiger partial charge in [0.05, 0.1) is 16.9 Å². The van der Waals surface area contributed by atoms with Crippen molar-refractivity contribution in [1.82, 2.24) is 5.32 Å². The van der Waals surface area contributed by atoms with E-state index in [1.807, 2.05) is 0 Å². The first kappa shape index (κ1) is 15.4. The Morgan fingerprint density at radius 2 is 2.05 bits per heavy atom. The summed E-state index contributed by atoms with van der Waals surface area (Å²) in [6.45, 7) is 1.74. The van der Waals surface area contributed by atoms with Crippen LogP contribution in [-0.4, -0.2) is 28.1 Å². The van der Waals surface area contributed by atoms with Crippen LogP contribution >= 0.6 is 0 Å². The fourth-order valence-corrected chi connectivity index (χ4v) is 2.61. The Morgan fingerprint density at radius 1 is 1.38 bits per heavy atom. The van der Waals surface area contributed by atoms with Gasteiger partial charge in [0, 0.05) is 18.2 Å². The number of non-ortho nitro benzene ring substituents is 1. The van der Waals surface area contributed by atoms with E-state index in [4.69, 9.17) is 0 Å². The smallest absolute Gasteiger partial charge is 0.269 e. The number of carbonyl (C=O) groups is 1. The lowest BCUT2D eigenvalue weighted by atomic mass is 9.92. The molecular formula is C15H20N2O4. The van der Waals surface area contributed by atoms with Gasteiger partial charge in [0.15, 0.2) is 0 Å². The minimum Gasteiger partial charge on any atom is -0.393 e. The quantitative estimate of drug-likeness (QED) is 0.656. The molecule has 114 valence electrons. The zero-order chi connectivity index (χ0) is 15.4. The SMILES string of the molecule is CC(C(=O)NC1CCC(O)CC1)c1cccc([N+](=O)[O-])c1. The molecule has 1 fully saturated rings. The number of nitrogens with one attached hydrogen (secondary N) is 1. The molecule has 1 aromatic rings. The van der Waals surface area contributed by atoms with Crippen molar-refractivity contribution in [3.8, 4) is 0 Å². The van der Waals surface area contributed by atoms with E-state index >= 15 is 0 Å². The van der Waals surface area contributed by atoms with E-state index in [1.54, 1.807) is 19.1 Å². The summed E-state index contributed by atoms with van der Waals surface area (Å²) in [5.74, 6) is -0.561. The van der Waals surface area contributed by atoms with E-state index in [2.05, 4.69) is 5.32 Å². The molecule has 1 saturated carbocycles. The monoisotopic (exact) mass is 292 g/mol. The number of amides is 1. The van der Waals surface area contributed by atoms with Crippen LogP contribution in [0.25, 0.3) is 0 Å². The number of aliphatic hydroxyl groups excluding tert-OH is 1. The molecule has 1 amide bonds. The van der Waals surface area contributed by atoms with Gasteiger partial charge in [-0.3, -0.25) is 14.9 Å². The molecule has 1 aliphatic carbocycles. The topological polar surface area (TPSA) is 92.5 Å². The third kappa shape index (κ3) is 4.01. The molecule has 1 aliphatic rings. The Kier molecular flexibility index (Phi) is 4.90. The normalized spacial score (nSPS) is 23.3. The molecule has 0 bridgehead atoms. The van der Waals surface area contributed by atoms with Gasteiger partial charge in [-0.2, -0.15) is 0 Å².